The van der Waals surface area contributed by atoms with E-state index in [-0.39, 0.29) is 11.9 Å². The van der Waals surface area contributed by atoms with Crippen LogP contribution in [0.3, 0.4) is 0 Å². The Labute approximate surface area is 118 Å². The molecule has 0 fully saturated rings. The molecule has 0 aliphatic carbocycles. The molecule has 1 heterocycles. The summed E-state index contributed by atoms with van der Waals surface area (Å²) in [5, 5.41) is 2.98. The van der Waals surface area contributed by atoms with Crippen LogP contribution in [0.25, 0.3) is 0 Å². The Morgan fingerprint density at radius 2 is 2.32 bits per heavy atom. The molecule has 0 spiro atoms. The Morgan fingerprint density at radius 3 is 3.00 bits per heavy atom. The van der Waals surface area contributed by atoms with Gasteiger partial charge in [0.05, 0.1) is 6.33 Å². The van der Waals surface area contributed by atoms with Gasteiger partial charge in [-0.05, 0) is 31.5 Å². The minimum absolute atomic E-state index is 0.0321. The van der Waals surface area contributed by atoms with E-state index in [0.717, 1.165) is 10.5 Å². The van der Waals surface area contributed by atoms with E-state index < -0.39 is 0 Å². The summed E-state index contributed by atoms with van der Waals surface area (Å²) in [5.74, 6) is -0.0685. The Balaban J connectivity index is 2.02. The van der Waals surface area contributed by atoms with E-state index >= 15 is 0 Å². The first-order valence-corrected chi connectivity index (χ1v) is 6.57. The van der Waals surface area contributed by atoms with Gasteiger partial charge in [0, 0.05) is 35.4 Å². The van der Waals surface area contributed by atoms with Crippen LogP contribution in [0.4, 0.5) is 0 Å². The fraction of sp³-hybridized carbons (Fsp3) is 0.286. The van der Waals surface area contributed by atoms with Crippen molar-refractivity contribution < 1.29 is 4.79 Å². The molecule has 1 unspecified atom stereocenters. The number of hydrogen-bond donors (Lipinski definition) is 2. The summed E-state index contributed by atoms with van der Waals surface area (Å²) in [6.07, 6.45) is 5.34. The third-order valence-corrected chi connectivity index (χ3v) is 3.17. The number of aromatic nitrogens is 2. The first-order valence-electron chi connectivity index (χ1n) is 6.12. The van der Waals surface area contributed by atoms with Gasteiger partial charge >= 0.3 is 0 Å². The van der Waals surface area contributed by atoms with Gasteiger partial charge in [0.2, 0.25) is 0 Å². The van der Waals surface area contributed by atoms with Gasteiger partial charge in [0.15, 0.2) is 0 Å². The average molecular weight is 275 g/mol. The summed E-state index contributed by atoms with van der Waals surface area (Å²) < 4.78 is 1.94. The normalized spacial score (nSPS) is 12.2. The number of thiol groups is 1. The van der Waals surface area contributed by atoms with Crippen molar-refractivity contribution in [3.8, 4) is 0 Å². The molecule has 100 valence electrons. The molecule has 0 aliphatic heterocycles. The van der Waals surface area contributed by atoms with Crippen LogP contribution in [-0.4, -0.2) is 21.5 Å². The lowest BCUT2D eigenvalue weighted by Gasteiger charge is -2.15. The van der Waals surface area contributed by atoms with E-state index in [9.17, 15) is 4.79 Å². The van der Waals surface area contributed by atoms with Gasteiger partial charge in [-0.25, -0.2) is 4.98 Å². The Hall–Kier alpha value is -1.75. The van der Waals surface area contributed by atoms with Crippen molar-refractivity contribution in [1.82, 2.24) is 14.9 Å². The molecular formula is C14H17N3OS. The highest BCUT2D eigenvalue weighted by atomic mass is 32.1. The Bertz CT molecular complexity index is 566. The second kappa shape index (κ2) is 5.93. The summed E-state index contributed by atoms with van der Waals surface area (Å²) in [7, 11) is 0. The molecule has 0 saturated heterocycles. The smallest absolute Gasteiger partial charge is 0.251 e. The van der Waals surface area contributed by atoms with Crippen molar-refractivity contribution in [2.75, 3.05) is 0 Å². The van der Waals surface area contributed by atoms with Gasteiger partial charge in [-0.3, -0.25) is 4.79 Å². The predicted molar refractivity (Wildman–Crippen MR) is 77.6 cm³/mol. The molecule has 4 nitrogen and oxygen atoms in total. The van der Waals surface area contributed by atoms with Crippen LogP contribution >= 0.6 is 12.6 Å². The van der Waals surface area contributed by atoms with Gasteiger partial charge in [-0.2, -0.15) is 0 Å². The highest BCUT2D eigenvalue weighted by Crippen LogP contribution is 2.14. The van der Waals surface area contributed by atoms with Crippen molar-refractivity contribution in [2.24, 2.45) is 0 Å². The maximum absolute atomic E-state index is 12.2. The maximum Gasteiger partial charge on any atom is 0.251 e. The number of nitrogens with one attached hydrogen (secondary N) is 1. The standard InChI is InChI=1S/C14H17N3OS/c1-10-3-4-12(19)7-13(10)14(18)16-11(2)8-17-6-5-15-9-17/h3-7,9,11,19H,8H2,1-2H3,(H,16,18). The molecule has 1 amide bonds. The molecular weight excluding hydrogens is 258 g/mol. The fourth-order valence-electron chi connectivity index (χ4n) is 1.91. The molecule has 2 aromatic rings. The zero-order valence-electron chi connectivity index (χ0n) is 11.0. The maximum atomic E-state index is 12.2. The van der Waals surface area contributed by atoms with Gasteiger partial charge < -0.3 is 9.88 Å². The number of amides is 1. The highest BCUT2D eigenvalue weighted by Gasteiger charge is 2.12. The lowest BCUT2D eigenvalue weighted by atomic mass is 10.1. The minimum atomic E-state index is -0.0685. The second-order valence-corrected chi connectivity index (χ2v) is 5.15. The van der Waals surface area contributed by atoms with Gasteiger partial charge in [-0.15, -0.1) is 12.6 Å². The Kier molecular flexibility index (Phi) is 4.27. The number of nitrogens with zero attached hydrogens (tertiary/aromatic N) is 2. The number of carbonyl (C=O) groups is 1. The van der Waals surface area contributed by atoms with Gasteiger partial charge in [-0.1, -0.05) is 6.07 Å². The van der Waals surface area contributed by atoms with E-state index in [1.54, 1.807) is 18.6 Å². The van der Waals surface area contributed by atoms with Crippen LogP contribution in [0, 0.1) is 6.92 Å². The van der Waals surface area contributed by atoms with Crippen LogP contribution in [0.5, 0.6) is 0 Å². The molecule has 19 heavy (non-hydrogen) atoms. The topological polar surface area (TPSA) is 46.9 Å². The zero-order chi connectivity index (χ0) is 13.8. The van der Waals surface area contributed by atoms with Crippen molar-refractivity contribution in [3.05, 3.63) is 48.0 Å². The third-order valence-electron chi connectivity index (χ3n) is 2.89. The molecule has 5 heteroatoms. The van der Waals surface area contributed by atoms with E-state index in [1.807, 2.05) is 36.7 Å². The summed E-state index contributed by atoms with van der Waals surface area (Å²) in [4.78, 5) is 17.0. The molecule has 0 saturated carbocycles. The summed E-state index contributed by atoms with van der Waals surface area (Å²) in [6, 6.07) is 5.60. The number of benzene rings is 1. The first-order chi connectivity index (χ1) is 9.06. The summed E-state index contributed by atoms with van der Waals surface area (Å²) in [5.41, 5.74) is 1.62. The molecule has 1 aromatic carbocycles. The highest BCUT2D eigenvalue weighted by molar-refractivity contribution is 7.80. The molecule has 0 bridgehead atoms. The number of imidazole rings is 1. The van der Waals surface area contributed by atoms with Crippen LogP contribution in [0.2, 0.25) is 0 Å². The van der Waals surface area contributed by atoms with Crippen molar-refractivity contribution in [1.29, 1.82) is 0 Å². The van der Waals surface area contributed by atoms with Crippen molar-refractivity contribution >= 4 is 18.5 Å². The molecule has 1 atom stereocenters. The summed E-state index contributed by atoms with van der Waals surface area (Å²) >= 11 is 4.27. The van der Waals surface area contributed by atoms with Crippen molar-refractivity contribution in [2.45, 2.75) is 31.3 Å². The summed E-state index contributed by atoms with van der Waals surface area (Å²) in [6.45, 7) is 4.59. The van der Waals surface area contributed by atoms with E-state index in [2.05, 4.69) is 22.9 Å². The fourth-order valence-corrected chi connectivity index (χ4v) is 2.12. The lowest BCUT2D eigenvalue weighted by Crippen LogP contribution is -2.35. The number of rotatable bonds is 4. The van der Waals surface area contributed by atoms with Crippen molar-refractivity contribution in [3.63, 3.8) is 0 Å². The molecule has 2 rings (SSSR count). The predicted octanol–water partition coefficient (Wildman–Crippen LogP) is 2.30. The van der Waals surface area contributed by atoms with E-state index in [1.165, 1.54) is 0 Å². The number of aryl methyl sites for hydroxylation is 1. The van der Waals surface area contributed by atoms with Crippen LogP contribution < -0.4 is 5.32 Å². The number of hydrogen-bond acceptors (Lipinski definition) is 3. The number of carbonyl (C=O) groups excluding carboxylic acids is 1. The monoisotopic (exact) mass is 275 g/mol. The average Bonchev–Trinajstić information content (AvgIpc) is 2.84. The zero-order valence-corrected chi connectivity index (χ0v) is 11.9. The third kappa shape index (κ3) is 3.61. The second-order valence-electron chi connectivity index (χ2n) is 4.63. The SMILES string of the molecule is Cc1ccc(S)cc1C(=O)NC(C)Cn1ccnc1. The lowest BCUT2D eigenvalue weighted by molar-refractivity contribution is 0.0936. The van der Waals surface area contributed by atoms with E-state index in [4.69, 9.17) is 0 Å². The minimum Gasteiger partial charge on any atom is -0.348 e. The first kappa shape index (κ1) is 13.7. The largest absolute Gasteiger partial charge is 0.348 e. The van der Waals surface area contributed by atoms with Crippen LogP contribution in [0.15, 0.2) is 41.8 Å². The quantitative estimate of drug-likeness (QED) is 0.841. The van der Waals surface area contributed by atoms with Gasteiger partial charge in [0.1, 0.15) is 0 Å². The molecule has 1 N–H and O–H groups in total. The Morgan fingerprint density at radius 1 is 1.53 bits per heavy atom. The van der Waals surface area contributed by atoms with Crippen LogP contribution in [-0.2, 0) is 6.54 Å². The molecule has 1 aromatic heterocycles. The molecule has 0 aliphatic rings. The van der Waals surface area contributed by atoms with Crippen LogP contribution in [0.1, 0.15) is 22.8 Å². The van der Waals surface area contributed by atoms with E-state index in [0.29, 0.717) is 12.1 Å². The van der Waals surface area contributed by atoms with Gasteiger partial charge in [0.25, 0.3) is 5.91 Å². The molecule has 0 radical (unpaired) electrons.